The number of nitrogens with zero attached hydrogens (tertiary/aromatic N) is 3. The Labute approximate surface area is 108 Å². The minimum Gasteiger partial charge on any atom is -0.273 e. The van der Waals surface area contributed by atoms with Gasteiger partial charge in [-0.15, -0.1) is 11.3 Å². The van der Waals surface area contributed by atoms with E-state index in [1.807, 2.05) is 29.4 Å². The standard InChI is InChI=1S/C12H12N4OS/c1-8-5-11(17)15-16(8)12-14-10(7-18-12)9-3-2-4-13-6-9/h2-4,6-8H,5H2,1H3,(H,15,17). The molecule has 1 amide bonds. The topological polar surface area (TPSA) is 58.1 Å². The molecular weight excluding hydrogens is 248 g/mol. The molecule has 3 heterocycles. The van der Waals surface area contributed by atoms with Crippen LogP contribution in [0.3, 0.4) is 0 Å². The number of nitrogens with one attached hydrogen (secondary N) is 1. The first-order chi connectivity index (χ1) is 8.74. The smallest absolute Gasteiger partial charge is 0.240 e. The lowest BCUT2D eigenvalue weighted by Crippen LogP contribution is -2.36. The summed E-state index contributed by atoms with van der Waals surface area (Å²) in [7, 11) is 0. The van der Waals surface area contributed by atoms with Crippen molar-refractivity contribution in [3.8, 4) is 11.3 Å². The van der Waals surface area contributed by atoms with Crippen LogP contribution in [0.5, 0.6) is 0 Å². The lowest BCUT2D eigenvalue weighted by Gasteiger charge is -2.18. The third-order valence-electron chi connectivity index (χ3n) is 2.82. The predicted molar refractivity (Wildman–Crippen MR) is 70.0 cm³/mol. The maximum absolute atomic E-state index is 11.3. The molecule has 5 nitrogen and oxygen atoms in total. The lowest BCUT2D eigenvalue weighted by molar-refractivity contribution is -0.119. The quantitative estimate of drug-likeness (QED) is 0.895. The minimum absolute atomic E-state index is 0.0422. The van der Waals surface area contributed by atoms with E-state index in [1.165, 1.54) is 11.3 Å². The van der Waals surface area contributed by atoms with Crippen LogP contribution in [-0.4, -0.2) is 21.9 Å². The number of hydrogen-bond donors (Lipinski definition) is 1. The van der Waals surface area contributed by atoms with Gasteiger partial charge < -0.3 is 0 Å². The molecule has 0 radical (unpaired) electrons. The summed E-state index contributed by atoms with van der Waals surface area (Å²) in [4.78, 5) is 19.9. The van der Waals surface area contributed by atoms with E-state index in [2.05, 4.69) is 15.4 Å². The van der Waals surface area contributed by atoms with Crippen molar-refractivity contribution in [2.45, 2.75) is 19.4 Å². The van der Waals surface area contributed by atoms with Crippen LogP contribution in [0.4, 0.5) is 5.13 Å². The Kier molecular flexibility index (Phi) is 2.71. The van der Waals surface area contributed by atoms with Gasteiger partial charge >= 0.3 is 0 Å². The van der Waals surface area contributed by atoms with Gasteiger partial charge in [-0.05, 0) is 19.1 Å². The number of thiazole rings is 1. The average molecular weight is 260 g/mol. The van der Waals surface area contributed by atoms with Crippen molar-refractivity contribution < 1.29 is 4.79 Å². The normalized spacial score (nSPS) is 19.1. The van der Waals surface area contributed by atoms with Crippen molar-refractivity contribution >= 4 is 22.4 Å². The molecule has 1 unspecified atom stereocenters. The molecule has 1 aliphatic rings. The molecule has 0 spiro atoms. The molecule has 0 aromatic carbocycles. The fraction of sp³-hybridized carbons (Fsp3) is 0.250. The van der Waals surface area contributed by atoms with Gasteiger partial charge in [0, 0.05) is 23.3 Å². The van der Waals surface area contributed by atoms with Crippen LogP contribution in [-0.2, 0) is 4.79 Å². The van der Waals surface area contributed by atoms with E-state index < -0.39 is 0 Å². The summed E-state index contributed by atoms with van der Waals surface area (Å²) in [6, 6.07) is 4.00. The number of carbonyl (C=O) groups is 1. The maximum Gasteiger partial charge on any atom is 0.240 e. The van der Waals surface area contributed by atoms with Crippen molar-refractivity contribution in [2.75, 3.05) is 5.01 Å². The fourth-order valence-electron chi connectivity index (χ4n) is 1.91. The number of anilines is 1. The molecule has 1 aliphatic heterocycles. The first-order valence-electron chi connectivity index (χ1n) is 5.68. The van der Waals surface area contributed by atoms with Crippen LogP contribution < -0.4 is 10.4 Å². The van der Waals surface area contributed by atoms with Gasteiger partial charge in [-0.3, -0.25) is 20.2 Å². The third kappa shape index (κ3) is 1.95. The number of pyridine rings is 1. The molecule has 0 saturated carbocycles. The van der Waals surface area contributed by atoms with E-state index in [1.54, 1.807) is 12.4 Å². The van der Waals surface area contributed by atoms with E-state index >= 15 is 0 Å². The van der Waals surface area contributed by atoms with Crippen LogP contribution in [0.1, 0.15) is 13.3 Å². The monoisotopic (exact) mass is 260 g/mol. The Morgan fingerprint density at radius 1 is 1.56 bits per heavy atom. The maximum atomic E-state index is 11.3. The minimum atomic E-state index is 0.0422. The fourth-order valence-corrected chi connectivity index (χ4v) is 2.80. The highest BCUT2D eigenvalue weighted by Gasteiger charge is 2.28. The highest BCUT2D eigenvalue weighted by Crippen LogP contribution is 2.29. The Hall–Kier alpha value is -1.95. The van der Waals surface area contributed by atoms with Crippen molar-refractivity contribution in [3.05, 3.63) is 29.9 Å². The van der Waals surface area contributed by atoms with Crippen molar-refractivity contribution in [3.63, 3.8) is 0 Å². The summed E-state index contributed by atoms with van der Waals surface area (Å²) < 4.78 is 0. The number of rotatable bonds is 2. The number of aromatic nitrogens is 2. The van der Waals surface area contributed by atoms with Crippen LogP contribution in [0.25, 0.3) is 11.3 Å². The van der Waals surface area contributed by atoms with Gasteiger partial charge in [-0.2, -0.15) is 0 Å². The molecule has 0 bridgehead atoms. The molecule has 18 heavy (non-hydrogen) atoms. The van der Waals surface area contributed by atoms with Crippen LogP contribution in [0.2, 0.25) is 0 Å². The zero-order valence-electron chi connectivity index (χ0n) is 9.83. The number of amides is 1. The van der Waals surface area contributed by atoms with E-state index in [9.17, 15) is 4.79 Å². The molecule has 2 aromatic rings. The van der Waals surface area contributed by atoms with E-state index in [0.29, 0.717) is 6.42 Å². The van der Waals surface area contributed by atoms with Crippen molar-refractivity contribution in [1.29, 1.82) is 0 Å². The third-order valence-corrected chi connectivity index (χ3v) is 3.66. The van der Waals surface area contributed by atoms with Crippen molar-refractivity contribution in [1.82, 2.24) is 15.4 Å². The molecule has 92 valence electrons. The molecular formula is C12H12N4OS. The number of hydrazine groups is 1. The predicted octanol–water partition coefficient (Wildman–Crippen LogP) is 1.83. The van der Waals surface area contributed by atoms with Crippen LogP contribution >= 0.6 is 11.3 Å². The molecule has 6 heteroatoms. The molecule has 3 rings (SSSR count). The zero-order chi connectivity index (χ0) is 12.5. The molecule has 1 atom stereocenters. The summed E-state index contributed by atoms with van der Waals surface area (Å²) in [6.07, 6.45) is 4.03. The molecule has 1 saturated heterocycles. The molecule has 2 aromatic heterocycles. The second-order valence-corrected chi connectivity index (χ2v) is 5.05. The second-order valence-electron chi connectivity index (χ2n) is 4.22. The Morgan fingerprint density at radius 2 is 2.44 bits per heavy atom. The number of hydrogen-bond acceptors (Lipinski definition) is 5. The Morgan fingerprint density at radius 3 is 3.11 bits per heavy atom. The highest BCUT2D eigenvalue weighted by atomic mass is 32.1. The van der Waals surface area contributed by atoms with Gasteiger partial charge in [-0.25, -0.2) is 4.98 Å². The van der Waals surface area contributed by atoms with E-state index in [-0.39, 0.29) is 11.9 Å². The largest absolute Gasteiger partial charge is 0.273 e. The summed E-state index contributed by atoms with van der Waals surface area (Å²) in [5, 5.41) is 4.61. The number of carbonyl (C=O) groups excluding carboxylic acids is 1. The van der Waals surface area contributed by atoms with E-state index in [4.69, 9.17) is 0 Å². The highest BCUT2D eigenvalue weighted by molar-refractivity contribution is 7.14. The van der Waals surface area contributed by atoms with Gasteiger partial charge in [-0.1, -0.05) is 0 Å². The van der Waals surface area contributed by atoms with Gasteiger partial charge in [0.05, 0.1) is 18.2 Å². The molecule has 1 fully saturated rings. The first kappa shape index (κ1) is 11.2. The lowest BCUT2D eigenvalue weighted by atomic mass is 10.2. The van der Waals surface area contributed by atoms with Gasteiger partial charge in [0.25, 0.3) is 0 Å². The van der Waals surface area contributed by atoms with Gasteiger partial charge in [0.2, 0.25) is 11.0 Å². The zero-order valence-corrected chi connectivity index (χ0v) is 10.6. The van der Waals surface area contributed by atoms with Gasteiger partial charge in [0.15, 0.2) is 0 Å². The molecule has 0 aliphatic carbocycles. The second kappa shape index (κ2) is 4.38. The summed E-state index contributed by atoms with van der Waals surface area (Å²) in [5.74, 6) is 0.0422. The van der Waals surface area contributed by atoms with Gasteiger partial charge in [0.1, 0.15) is 0 Å². The Balaban J connectivity index is 1.88. The molecule has 1 N–H and O–H groups in total. The average Bonchev–Trinajstić information content (AvgIpc) is 2.97. The van der Waals surface area contributed by atoms with Crippen LogP contribution in [0, 0.1) is 0 Å². The van der Waals surface area contributed by atoms with Crippen molar-refractivity contribution in [2.24, 2.45) is 0 Å². The summed E-state index contributed by atoms with van der Waals surface area (Å²) in [5.41, 5.74) is 4.68. The SMILES string of the molecule is CC1CC(=O)NN1c1nc(-c2cccnc2)cs1. The Bertz CT molecular complexity index is 568. The summed E-state index contributed by atoms with van der Waals surface area (Å²) >= 11 is 1.52. The van der Waals surface area contributed by atoms with Crippen LogP contribution in [0.15, 0.2) is 29.9 Å². The first-order valence-corrected chi connectivity index (χ1v) is 6.56. The van der Waals surface area contributed by atoms with E-state index in [0.717, 1.165) is 16.4 Å². The summed E-state index contributed by atoms with van der Waals surface area (Å²) in [6.45, 7) is 2.00.